The molecule has 0 heterocycles. The lowest BCUT2D eigenvalue weighted by molar-refractivity contribution is 0.828. The Morgan fingerprint density at radius 3 is 1.89 bits per heavy atom. The summed E-state index contributed by atoms with van der Waals surface area (Å²) in [5, 5.41) is 16.5. The Morgan fingerprint density at radius 1 is 1.33 bits per heavy atom. The van der Waals surface area contributed by atoms with Crippen molar-refractivity contribution in [2.45, 2.75) is 13.8 Å². The summed E-state index contributed by atoms with van der Waals surface area (Å²) in [7, 11) is 0. The van der Waals surface area contributed by atoms with Crippen molar-refractivity contribution in [1.82, 2.24) is 0 Å². The van der Waals surface area contributed by atoms with Crippen molar-refractivity contribution in [1.29, 1.82) is 10.5 Å². The number of nitrogens with zero attached hydrogens (tertiary/aromatic N) is 2. The van der Waals surface area contributed by atoms with Crippen LogP contribution < -0.4 is 0 Å². The Morgan fingerprint density at radius 2 is 1.78 bits per heavy atom. The Kier molecular flexibility index (Phi) is 3.16. The van der Waals surface area contributed by atoms with E-state index in [1.54, 1.807) is 18.2 Å². The zero-order valence-corrected chi connectivity index (χ0v) is 5.55. The standard InChI is InChI=1S/C7H8N2/c1-6(2)3-7(4-8)5-9/h3,6H,1-2H3. The van der Waals surface area contributed by atoms with Crippen molar-refractivity contribution in [2.75, 3.05) is 0 Å². The largest absolute Gasteiger partial charge is 0.192 e. The molecule has 0 aromatic carbocycles. The first-order valence-electron chi connectivity index (χ1n) is 2.72. The molecule has 0 aliphatic heterocycles. The first-order valence-corrected chi connectivity index (χ1v) is 2.72. The van der Waals surface area contributed by atoms with Crippen molar-refractivity contribution in [3.63, 3.8) is 0 Å². The van der Waals surface area contributed by atoms with E-state index < -0.39 is 0 Å². The minimum Gasteiger partial charge on any atom is -0.192 e. The van der Waals surface area contributed by atoms with Crippen LogP contribution in [0, 0.1) is 28.6 Å². The van der Waals surface area contributed by atoms with E-state index in [9.17, 15) is 0 Å². The van der Waals surface area contributed by atoms with Gasteiger partial charge in [0.15, 0.2) is 0 Å². The fraction of sp³-hybridized carbons (Fsp3) is 0.429. The number of rotatable bonds is 1. The van der Waals surface area contributed by atoms with E-state index in [0.717, 1.165) is 0 Å². The second kappa shape index (κ2) is 3.69. The van der Waals surface area contributed by atoms with Crippen LogP contribution >= 0.6 is 0 Å². The summed E-state index contributed by atoms with van der Waals surface area (Å²) >= 11 is 0. The van der Waals surface area contributed by atoms with Gasteiger partial charge in [-0.2, -0.15) is 10.5 Å². The van der Waals surface area contributed by atoms with Crippen LogP contribution in [0.2, 0.25) is 0 Å². The molecular formula is C7H8N2. The van der Waals surface area contributed by atoms with Crippen molar-refractivity contribution in [2.24, 2.45) is 5.92 Å². The van der Waals surface area contributed by atoms with Crippen LogP contribution in [0.15, 0.2) is 11.6 Å². The normalized spacial score (nSPS) is 7.67. The van der Waals surface area contributed by atoms with Gasteiger partial charge in [-0.1, -0.05) is 19.9 Å². The maximum absolute atomic E-state index is 8.23. The smallest absolute Gasteiger partial charge is 0.125 e. The van der Waals surface area contributed by atoms with Crippen LogP contribution in [0.25, 0.3) is 0 Å². The van der Waals surface area contributed by atoms with Crippen LogP contribution in [0.4, 0.5) is 0 Å². The van der Waals surface area contributed by atoms with Gasteiger partial charge in [-0.15, -0.1) is 0 Å². The second-order valence-corrected chi connectivity index (χ2v) is 2.05. The lowest BCUT2D eigenvalue weighted by Gasteiger charge is -1.89. The molecule has 0 aromatic rings. The van der Waals surface area contributed by atoms with Gasteiger partial charge < -0.3 is 0 Å². The van der Waals surface area contributed by atoms with Crippen LogP contribution in [0.5, 0.6) is 0 Å². The Bertz CT molecular complexity index is 172. The van der Waals surface area contributed by atoms with Crippen LogP contribution in [-0.4, -0.2) is 0 Å². The van der Waals surface area contributed by atoms with E-state index in [-0.39, 0.29) is 11.5 Å². The van der Waals surface area contributed by atoms with Gasteiger partial charge in [-0.3, -0.25) is 0 Å². The highest BCUT2D eigenvalue weighted by atomic mass is 14.3. The molecule has 0 amide bonds. The third-order valence-corrected chi connectivity index (χ3v) is 0.741. The average molecular weight is 120 g/mol. The topological polar surface area (TPSA) is 47.6 Å². The molecule has 0 spiro atoms. The van der Waals surface area contributed by atoms with E-state index in [1.165, 1.54) is 0 Å². The molecule has 2 heteroatoms. The number of nitriles is 2. The molecule has 0 bridgehead atoms. The highest BCUT2D eigenvalue weighted by Gasteiger charge is 1.92. The van der Waals surface area contributed by atoms with Crippen molar-refractivity contribution in [3.8, 4) is 12.1 Å². The summed E-state index contributed by atoms with van der Waals surface area (Å²) in [4.78, 5) is 0. The Hall–Kier alpha value is -1.28. The van der Waals surface area contributed by atoms with Gasteiger partial charge in [0.05, 0.1) is 0 Å². The number of hydrogen-bond donors (Lipinski definition) is 0. The fourth-order valence-corrected chi connectivity index (χ4v) is 0.433. The number of hydrogen-bond acceptors (Lipinski definition) is 2. The lowest BCUT2D eigenvalue weighted by atomic mass is 10.1. The molecule has 0 rings (SSSR count). The molecule has 0 unspecified atom stereocenters. The van der Waals surface area contributed by atoms with Gasteiger partial charge in [0, 0.05) is 0 Å². The van der Waals surface area contributed by atoms with Gasteiger partial charge >= 0.3 is 0 Å². The lowest BCUT2D eigenvalue weighted by Crippen LogP contribution is -1.81. The molecule has 0 saturated carbocycles. The van der Waals surface area contributed by atoms with Gasteiger partial charge in [-0.05, 0) is 5.92 Å². The van der Waals surface area contributed by atoms with E-state index in [2.05, 4.69) is 0 Å². The van der Waals surface area contributed by atoms with Crippen molar-refractivity contribution < 1.29 is 0 Å². The van der Waals surface area contributed by atoms with E-state index in [4.69, 9.17) is 10.5 Å². The Balaban J connectivity index is 4.18. The quantitative estimate of drug-likeness (QED) is 0.493. The average Bonchev–Trinajstić information content (AvgIpc) is 1.82. The molecule has 0 N–H and O–H groups in total. The van der Waals surface area contributed by atoms with Gasteiger partial charge in [0.2, 0.25) is 0 Å². The number of allylic oxidation sites excluding steroid dienone is 2. The molecule has 0 saturated heterocycles. The van der Waals surface area contributed by atoms with Gasteiger partial charge in [0.1, 0.15) is 17.7 Å². The molecule has 0 radical (unpaired) electrons. The minimum atomic E-state index is 0.199. The molecule has 9 heavy (non-hydrogen) atoms. The van der Waals surface area contributed by atoms with Crippen molar-refractivity contribution >= 4 is 0 Å². The summed E-state index contributed by atoms with van der Waals surface area (Å²) in [5.41, 5.74) is 0.199. The van der Waals surface area contributed by atoms with Crippen LogP contribution in [-0.2, 0) is 0 Å². The summed E-state index contributed by atoms with van der Waals surface area (Å²) in [6.07, 6.45) is 1.64. The fourth-order valence-electron chi connectivity index (χ4n) is 0.433. The summed E-state index contributed by atoms with van der Waals surface area (Å²) < 4.78 is 0. The van der Waals surface area contributed by atoms with Crippen LogP contribution in [0.3, 0.4) is 0 Å². The summed E-state index contributed by atoms with van der Waals surface area (Å²) in [6, 6.07) is 3.57. The van der Waals surface area contributed by atoms with E-state index in [0.29, 0.717) is 0 Å². The second-order valence-electron chi connectivity index (χ2n) is 2.05. The molecule has 0 aliphatic rings. The third-order valence-electron chi connectivity index (χ3n) is 0.741. The highest BCUT2D eigenvalue weighted by molar-refractivity contribution is 5.35. The molecule has 0 fully saturated rings. The third kappa shape index (κ3) is 3.32. The molecule has 2 nitrogen and oxygen atoms in total. The Labute approximate surface area is 55.0 Å². The molecule has 46 valence electrons. The highest BCUT2D eigenvalue weighted by Crippen LogP contribution is 1.98. The van der Waals surface area contributed by atoms with Crippen LogP contribution in [0.1, 0.15) is 13.8 Å². The first-order chi connectivity index (χ1) is 4.20. The maximum Gasteiger partial charge on any atom is 0.125 e. The minimum absolute atomic E-state index is 0.199. The van der Waals surface area contributed by atoms with Gasteiger partial charge in [-0.25, -0.2) is 0 Å². The molecule has 0 aromatic heterocycles. The first kappa shape index (κ1) is 7.72. The monoisotopic (exact) mass is 120 g/mol. The summed E-state index contributed by atoms with van der Waals surface area (Å²) in [6.45, 7) is 3.85. The maximum atomic E-state index is 8.23. The van der Waals surface area contributed by atoms with E-state index in [1.807, 2.05) is 13.8 Å². The van der Waals surface area contributed by atoms with Gasteiger partial charge in [0.25, 0.3) is 0 Å². The molecular weight excluding hydrogens is 112 g/mol. The zero-order valence-electron chi connectivity index (χ0n) is 5.55. The van der Waals surface area contributed by atoms with E-state index >= 15 is 0 Å². The predicted octanol–water partition coefficient (Wildman–Crippen LogP) is 1.62. The zero-order chi connectivity index (χ0) is 7.28. The summed E-state index contributed by atoms with van der Waals surface area (Å²) in [5.74, 6) is 0.277. The SMILES string of the molecule is CC(C)C=C(C#N)C#N. The molecule has 0 atom stereocenters. The molecule has 0 aliphatic carbocycles. The van der Waals surface area contributed by atoms with Crippen molar-refractivity contribution in [3.05, 3.63) is 11.6 Å². The predicted molar refractivity (Wildman–Crippen MR) is 34.1 cm³/mol.